The van der Waals surface area contributed by atoms with Crippen molar-refractivity contribution in [2.75, 3.05) is 40.6 Å². The molecule has 0 aromatic heterocycles. The highest BCUT2D eigenvalue weighted by Gasteiger charge is 2.46. The number of hydrogen-bond donors (Lipinski definition) is 0. The van der Waals surface area contributed by atoms with E-state index in [1.165, 1.54) is 24.3 Å². The molecule has 0 bridgehead atoms. The molecule has 3 rings (SSSR count). The number of methoxy groups -OCH3 is 1. The first-order chi connectivity index (χ1) is 12.5. The highest BCUT2D eigenvalue weighted by atomic mass is 32.2. The topological polar surface area (TPSA) is 84.0 Å². The summed E-state index contributed by atoms with van der Waals surface area (Å²) in [5.41, 5.74) is 0. The summed E-state index contributed by atoms with van der Waals surface area (Å²) in [7, 11) is -1.21. The average molecular weight is 417 g/mol. The zero-order chi connectivity index (χ0) is 20.0. The van der Waals surface area contributed by atoms with Gasteiger partial charge >= 0.3 is 0 Å². The van der Waals surface area contributed by atoms with Crippen LogP contribution in [0.4, 0.5) is 0 Å². The van der Waals surface area contributed by atoms with Crippen molar-refractivity contribution in [3.63, 3.8) is 0 Å². The van der Waals surface area contributed by atoms with E-state index in [0.717, 1.165) is 19.1 Å². The molecule has 1 saturated heterocycles. The van der Waals surface area contributed by atoms with E-state index in [4.69, 9.17) is 4.74 Å². The van der Waals surface area contributed by atoms with E-state index in [1.54, 1.807) is 11.4 Å². The summed E-state index contributed by atoms with van der Waals surface area (Å²) in [6, 6.07) is 5.76. The second-order valence-corrected chi connectivity index (χ2v) is 11.8. The van der Waals surface area contributed by atoms with Crippen molar-refractivity contribution >= 4 is 19.9 Å². The van der Waals surface area contributed by atoms with E-state index >= 15 is 0 Å². The second-order valence-electron chi connectivity index (χ2n) is 7.86. The first-order valence-electron chi connectivity index (χ1n) is 9.03. The molecule has 0 amide bonds. The lowest BCUT2D eigenvalue weighted by atomic mass is 9.77. The first-order valence-corrected chi connectivity index (χ1v) is 12.4. The standard InChI is InChI=1S/C18H28N2O5S2/c1-19(2)17-9-13-11-20(12-14(13)10-18(17)25-3)27(23,24)16-7-5-15(6-8-16)26(4,21)22/h5-8,13-14,17-18H,9-12H2,1-4H3/t13-,14+,17-,18-/m1/s1. The molecule has 0 radical (unpaired) electrons. The molecule has 152 valence electrons. The minimum atomic E-state index is -3.64. The lowest BCUT2D eigenvalue weighted by molar-refractivity contribution is -0.0209. The Labute approximate surface area is 162 Å². The number of sulfonamides is 1. The zero-order valence-electron chi connectivity index (χ0n) is 16.2. The van der Waals surface area contributed by atoms with Crippen molar-refractivity contribution < 1.29 is 21.6 Å². The maximum Gasteiger partial charge on any atom is 0.243 e. The first kappa shape index (κ1) is 20.7. The number of fused-ring (bicyclic) bond motifs is 1. The number of likely N-dealkylation sites (N-methyl/N-ethyl adjacent to an activating group) is 1. The van der Waals surface area contributed by atoms with E-state index in [1.807, 2.05) is 14.1 Å². The molecule has 1 aromatic carbocycles. The van der Waals surface area contributed by atoms with Gasteiger partial charge in [-0.3, -0.25) is 0 Å². The quantitative estimate of drug-likeness (QED) is 0.714. The largest absolute Gasteiger partial charge is 0.380 e. The van der Waals surface area contributed by atoms with Gasteiger partial charge < -0.3 is 9.64 Å². The second kappa shape index (κ2) is 7.44. The summed E-state index contributed by atoms with van der Waals surface area (Å²) >= 11 is 0. The highest BCUT2D eigenvalue weighted by Crippen LogP contribution is 2.40. The van der Waals surface area contributed by atoms with Crippen molar-refractivity contribution in [2.24, 2.45) is 11.8 Å². The molecule has 4 atom stereocenters. The van der Waals surface area contributed by atoms with Gasteiger partial charge in [0.15, 0.2) is 9.84 Å². The van der Waals surface area contributed by atoms with Gasteiger partial charge in [0.1, 0.15) is 0 Å². The molecule has 1 aromatic rings. The molecule has 7 nitrogen and oxygen atoms in total. The maximum absolute atomic E-state index is 13.0. The summed E-state index contributed by atoms with van der Waals surface area (Å²) in [5.74, 6) is 0.602. The number of rotatable bonds is 5. The fourth-order valence-corrected chi connectivity index (χ4v) is 6.53. The van der Waals surface area contributed by atoms with Crippen molar-refractivity contribution in [1.82, 2.24) is 9.21 Å². The van der Waals surface area contributed by atoms with Crippen LogP contribution in [0.5, 0.6) is 0 Å². The molecule has 27 heavy (non-hydrogen) atoms. The van der Waals surface area contributed by atoms with Gasteiger partial charge in [-0.1, -0.05) is 0 Å². The summed E-state index contributed by atoms with van der Waals surface area (Å²) in [6.45, 7) is 0.989. The van der Waals surface area contributed by atoms with Crippen molar-refractivity contribution in [3.8, 4) is 0 Å². The highest BCUT2D eigenvalue weighted by molar-refractivity contribution is 7.90. The van der Waals surface area contributed by atoms with E-state index in [2.05, 4.69) is 4.90 Å². The van der Waals surface area contributed by atoms with Gasteiger partial charge in [0.2, 0.25) is 10.0 Å². The van der Waals surface area contributed by atoms with E-state index < -0.39 is 19.9 Å². The van der Waals surface area contributed by atoms with Crippen LogP contribution in [0.2, 0.25) is 0 Å². The Bertz CT molecular complexity index is 881. The number of ether oxygens (including phenoxy) is 1. The Balaban J connectivity index is 1.80. The van der Waals surface area contributed by atoms with Crippen LogP contribution in [0.3, 0.4) is 0 Å². The van der Waals surface area contributed by atoms with Crippen LogP contribution in [0.25, 0.3) is 0 Å². The van der Waals surface area contributed by atoms with Crippen LogP contribution in [0, 0.1) is 11.8 Å². The smallest absolute Gasteiger partial charge is 0.243 e. The van der Waals surface area contributed by atoms with Crippen LogP contribution in [0.15, 0.2) is 34.1 Å². The van der Waals surface area contributed by atoms with Gasteiger partial charge in [0.05, 0.1) is 15.9 Å². The van der Waals surface area contributed by atoms with E-state index in [0.29, 0.717) is 19.0 Å². The minimum absolute atomic E-state index is 0.109. The number of benzene rings is 1. The van der Waals surface area contributed by atoms with Crippen molar-refractivity contribution in [3.05, 3.63) is 24.3 Å². The molecule has 1 heterocycles. The third kappa shape index (κ3) is 4.07. The van der Waals surface area contributed by atoms with Gasteiger partial charge in [-0.15, -0.1) is 0 Å². The third-order valence-electron chi connectivity index (χ3n) is 5.91. The zero-order valence-corrected chi connectivity index (χ0v) is 17.8. The van der Waals surface area contributed by atoms with E-state index in [9.17, 15) is 16.8 Å². The number of sulfone groups is 1. The summed E-state index contributed by atoms with van der Waals surface area (Å²) in [5, 5.41) is 0. The molecule has 0 N–H and O–H groups in total. The van der Waals surface area contributed by atoms with Gasteiger partial charge in [-0.2, -0.15) is 4.31 Å². The fourth-order valence-electron chi connectivity index (χ4n) is 4.35. The number of hydrogen-bond acceptors (Lipinski definition) is 6. The maximum atomic E-state index is 13.0. The minimum Gasteiger partial charge on any atom is -0.380 e. The lowest BCUT2D eigenvalue weighted by Gasteiger charge is -2.40. The summed E-state index contributed by atoms with van der Waals surface area (Å²) < 4.78 is 56.5. The van der Waals surface area contributed by atoms with Gasteiger partial charge in [-0.25, -0.2) is 16.8 Å². The monoisotopic (exact) mass is 416 g/mol. The summed E-state index contributed by atoms with van der Waals surface area (Å²) in [4.78, 5) is 2.42. The molecule has 9 heteroatoms. The normalized spacial score (nSPS) is 29.8. The molecule has 0 spiro atoms. The van der Waals surface area contributed by atoms with Crippen LogP contribution >= 0.6 is 0 Å². The Morgan fingerprint density at radius 3 is 1.96 bits per heavy atom. The van der Waals surface area contributed by atoms with Crippen molar-refractivity contribution in [1.29, 1.82) is 0 Å². The predicted molar refractivity (Wildman–Crippen MR) is 103 cm³/mol. The van der Waals surface area contributed by atoms with Crippen LogP contribution in [-0.2, 0) is 24.6 Å². The Morgan fingerprint density at radius 1 is 0.963 bits per heavy atom. The molecule has 2 aliphatic rings. The molecule has 1 aliphatic heterocycles. The Hall–Kier alpha value is -1.00. The van der Waals surface area contributed by atoms with Crippen LogP contribution in [0.1, 0.15) is 12.8 Å². The molecular weight excluding hydrogens is 388 g/mol. The summed E-state index contributed by atoms with van der Waals surface area (Å²) in [6.07, 6.45) is 2.98. The Kier molecular flexibility index (Phi) is 5.71. The third-order valence-corrected chi connectivity index (χ3v) is 8.88. The van der Waals surface area contributed by atoms with Gasteiger partial charge in [0.25, 0.3) is 0 Å². The van der Waals surface area contributed by atoms with E-state index in [-0.39, 0.29) is 27.9 Å². The van der Waals surface area contributed by atoms with Crippen LogP contribution in [-0.4, -0.2) is 78.7 Å². The lowest BCUT2D eigenvalue weighted by Crippen LogP contribution is -2.47. The van der Waals surface area contributed by atoms with Crippen molar-refractivity contribution in [2.45, 2.75) is 34.8 Å². The van der Waals surface area contributed by atoms with Gasteiger partial charge in [-0.05, 0) is 63.0 Å². The number of nitrogens with zero attached hydrogens (tertiary/aromatic N) is 2. The molecular formula is C18H28N2O5S2. The van der Waals surface area contributed by atoms with Gasteiger partial charge in [0, 0.05) is 32.5 Å². The Morgan fingerprint density at radius 2 is 1.48 bits per heavy atom. The fraction of sp³-hybridized carbons (Fsp3) is 0.667. The molecule has 2 fully saturated rings. The predicted octanol–water partition coefficient (Wildman–Crippen LogP) is 1.07. The van der Waals surface area contributed by atoms with Crippen LogP contribution < -0.4 is 0 Å². The average Bonchev–Trinajstić information content (AvgIpc) is 3.03. The molecule has 1 aliphatic carbocycles. The molecule has 1 saturated carbocycles. The molecule has 0 unspecified atom stereocenters. The SMILES string of the molecule is CO[C@@H]1C[C@H]2CN(S(=O)(=O)c3ccc(S(C)(=O)=O)cc3)C[C@H]2C[C@H]1N(C)C.